The van der Waals surface area contributed by atoms with Crippen molar-refractivity contribution in [3.05, 3.63) is 89.8 Å². The Morgan fingerprint density at radius 2 is 1.91 bits per heavy atom. The van der Waals surface area contributed by atoms with Gasteiger partial charge in [0, 0.05) is 24.6 Å². The van der Waals surface area contributed by atoms with Gasteiger partial charge in [0.25, 0.3) is 0 Å². The van der Waals surface area contributed by atoms with Crippen LogP contribution in [0.4, 0.5) is 8.78 Å². The molecule has 1 aromatic heterocycles. The fourth-order valence-electron chi connectivity index (χ4n) is 4.34. The second-order valence-electron chi connectivity index (χ2n) is 8.09. The number of halogens is 2. The van der Waals surface area contributed by atoms with Crippen LogP contribution >= 0.6 is 0 Å². The van der Waals surface area contributed by atoms with Crippen molar-refractivity contribution < 1.29 is 18.0 Å². The summed E-state index contributed by atoms with van der Waals surface area (Å²) >= 11 is 0. The van der Waals surface area contributed by atoms with E-state index < -0.39 is 11.6 Å². The van der Waals surface area contributed by atoms with Crippen LogP contribution in [0.25, 0.3) is 22.2 Å². The predicted octanol–water partition coefficient (Wildman–Crippen LogP) is 6.07. The molecule has 6 heteroatoms. The Morgan fingerprint density at radius 1 is 1.06 bits per heavy atom. The monoisotopic (exact) mass is 432 g/mol. The Balaban J connectivity index is 1.37. The number of nitrogens with zero attached hydrogens (tertiary/aromatic N) is 2. The first-order chi connectivity index (χ1) is 15.6. The van der Waals surface area contributed by atoms with Crippen LogP contribution in [0.15, 0.2) is 71.1 Å². The van der Waals surface area contributed by atoms with Crippen molar-refractivity contribution in [1.29, 1.82) is 0 Å². The molecule has 0 N–H and O–H groups in total. The first-order valence-electron chi connectivity index (χ1n) is 10.8. The molecule has 5 rings (SSSR count). The lowest BCUT2D eigenvalue weighted by Gasteiger charge is -2.22. The van der Waals surface area contributed by atoms with Gasteiger partial charge in [-0.2, -0.15) is 0 Å². The molecular formula is C26H22F2N2O2. The number of hydrogen-bond donors (Lipinski definition) is 0. The van der Waals surface area contributed by atoms with Gasteiger partial charge in [-0.25, -0.2) is 13.8 Å². The van der Waals surface area contributed by atoms with Crippen LogP contribution in [0.2, 0.25) is 0 Å². The molecule has 0 spiro atoms. The van der Waals surface area contributed by atoms with Crippen molar-refractivity contribution in [2.45, 2.75) is 31.7 Å². The average Bonchev–Trinajstić information content (AvgIpc) is 3.44. The van der Waals surface area contributed by atoms with Gasteiger partial charge < -0.3 is 9.32 Å². The third-order valence-corrected chi connectivity index (χ3v) is 5.97. The number of aromatic nitrogens is 1. The third kappa shape index (κ3) is 4.00. The topological polar surface area (TPSA) is 46.3 Å². The van der Waals surface area contributed by atoms with Crippen LogP contribution in [0.3, 0.4) is 0 Å². The molecule has 1 aliphatic rings. The molecule has 1 amide bonds. The highest BCUT2D eigenvalue weighted by molar-refractivity contribution is 5.81. The van der Waals surface area contributed by atoms with E-state index in [0.717, 1.165) is 24.5 Å². The first-order valence-corrected chi connectivity index (χ1v) is 10.8. The largest absolute Gasteiger partial charge is 0.438 e. The highest BCUT2D eigenvalue weighted by atomic mass is 19.1. The first kappa shape index (κ1) is 20.4. The number of rotatable bonds is 5. The zero-order valence-corrected chi connectivity index (χ0v) is 17.4. The number of hydrogen-bond acceptors (Lipinski definition) is 3. The summed E-state index contributed by atoms with van der Waals surface area (Å²) < 4.78 is 33.4. The van der Waals surface area contributed by atoms with Gasteiger partial charge in [-0.05, 0) is 54.7 Å². The summed E-state index contributed by atoms with van der Waals surface area (Å²) in [6.45, 7) is 0.684. The molecule has 0 aliphatic carbocycles. The molecule has 1 aliphatic heterocycles. The third-order valence-electron chi connectivity index (χ3n) is 5.97. The number of carbonyl (C=O) groups excluding carboxylic acids is 1. The van der Waals surface area contributed by atoms with Crippen LogP contribution in [0.1, 0.15) is 36.8 Å². The van der Waals surface area contributed by atoms with Crippen LogP contribution in [0.5, 0.6) is 0 Å². The maximum atomic E-state index is 14.2. The van der Waals surface area contributed by atoms with E-state index in [-0.39, 0.29) is 11.9 Å². The molecule has 1 fully saturated rings. The molecule has 0 saturated carbocycles. The lowest BCUT2D eigenvalue weighted by Crippen LogP contribution is -2.30. The fraction of sp³-hybridized carbons (Fsp3) is 0.231. The number of carbonyl (C=O) groups is 1. The highest BCUT2D eigenvalue weighted by Crippen LogP contribution is 2.35. The van der Waals surface area contributed by atoms with E-state index in [1.807, 2.05) is 35.2 Å². The second kappa shape index (κ2) is 8.54. The van der Waals surface area contributed by atoms with Crippen LogP contribution < -0.4 is 0 Å². The summed E-state index contributed by atoms with van der Waals surface area (Å²) in [6, 6.07) is 18.5. The van der Waals surface area contributed by atoms with Crippen LogP contribution in [-0.2, 0) is 11.2 Å². The van der Waals surface area contributed by atoms with Crippen molar-refractivity contribution in [3.8, 4) is 11.1 Å². The smallest absolute Gasteiger partial charge is 0.223 e. The summed E-state index contributed by atoms with van der Waals surface area (Å²) in [6.07, 6.45) is 2.83. The Kier molecular flexibility index (Phi) is 5.43. The van der Waals surface area contributed by atoms with Gasteiger partial charge >= 0.3 is 0 Å². The van der Waals surface area contributed by atoms with Crippen molar-refractivity contribution in [1.82, 2.24) is 9.88 Å². The SMILES string of the molecule is O=C(CCc1ccccc1)N1CCCC1c1nc2cc(-c3ccc(F)cc3F)ccc2o1. The predicted molar refractivity (Wildman–Crippen MR) is 118 cm³/mol. The number of likely N-dealkylation sites (tertiary alicyclic amines) is 1. The van der Waals surface area contributed by atoms with Gasteiger partial charge in [0.15, 0.2) is 5.58 Å². The number of fused-ring (bicyclic) bond motifs is 1. The molecule has 1 unspecified atom stereocenters. The van der Waals surface area contributed by atoms with Gasteiger partial charge in [-0.1, -0.05) is 36.4 Å². The lowest BCUT2D eigenvalue weighted by atomic mass is 10.0. The molecule has 3 aromatic carbocycles. The van der Waals surface area contributed by atoms with Crippen molar-refractivity contribution in [2.24, 2.45) is 0 Å². The maximum absolute atomic E-state index is 14.2. The molecule has 0 bridgehead atoms. The Hall–Kier alpha value is -3.54. The van der Waals surface area contributed by atoms with Gasteiger partial charge in [0.1, 0.15) is 23.2 Å². The summed E-state index contributed by atoms with van der Waals surface area (Å²) in [5.74, 6) is -0.650. The van der Waals surface area contributed by atoms with E-state index in [9.17, 15) is 13.6 Å². The van der Waals surface area contributed by atoms with Crippen LogP contribution in [-0.4, -0.2) is 22.3 Å². The van der Waals surface area contributed by atoms with Crippen molar-refractivity contribution in [3.63, 3.8) is 0 Å². The average molecular weight is 432 g/mol. The summed E-state index contributed by atoms with van der Waals surface area (Å²) in [5, 5.41) is 0. The Bertz CT molecular complexity index is 1270. The summed E-state index contributed by atoms with van der Waals surface area (Å²) in [7, 11) is 0. The molecule has 162 valence electrons. The van der Waals surface area contributed by atoms with Gasteiger partial charge in [0.05, 0.1) is 0 Å². The second-order valence-corrected chi connectivity index (χ2v) is 8.09. The zero-order valence-electron chi connectivity index (χ0n) is 17.4. The normalized spacial score (nSPS) is 16.1. The molecule has 2 heterocycles. The van der Waals surface area contributed by atoms with Gasteiger partial charge in [-0.15, -0.1) is 0 Å². The number of amides is 1. The minimum Gasteiger partial charge on any atom is -0.438 e. The molecule has 32 heavy (non-hydrogen) atoms. The molecular weight excluding hydrogens is 410 g/mol. The Morgan fingerprint density at radius 3 is 2.72 bits per heavy atom. The van der Waals surface area contributed by atoms with E-state index in [0.29, 0.717) is 47.5 Å². The van der Waals surface area contributed by atoms with Crippen LogP contribution in [0, 0.1) is 11.6 Å². The molecule has 1 atom stereocenters. The van der Waals surface area contributed by atoms with E-state index in [4.69, 9.17) is 4.42 Å². The summed E-state index contributed by atoms with van der Waals surface area (Å²) in [5.41, 5.74) is 3.20. The van der Waals surface area contributed by atoms with E-state index in [1.54, 1.807) is 18.2 Å². The highest BCUT2D eigenvalue weighted by Gasteiger charge is 2.33. The minimum absolute atomic E-state index is 0.0904. The summed E-state index contributed by atoms with van der Waals surface area (Å²) in [4.78, 5) is 19.4. The van der Waals surface area contributed by atoms with Crippen molar-refractivity contribution >= 4 is 17.0 Å². The standard InChI is InChI=1S/C26H22F2N2O2/c27-19-10-11-20(21(28)16-19)18-9-12-24-22(15-18)29-26(32-24)23-7-4-14-30(23)25(31)13-8-17-5-2-1-3-6-17/h1-3,5-6,9-12,15-16,23H,4,7-8,13-14H2. The number of oxazole rings is 1. The van der Waals surface area contributed by atoms with E-state index in [1.165, 1.54) is 12.1 Å². The fourth-order valence-corrected chi connectivity index (χ4v) is 4.34. The molecule has 0 radical (unpaired) electrons. The van der Waals surface area contributed by atoms with E-state index >= 15 is 0 Å². The Labute approximate surface area is 184 Å². The van der Waals surface area contributed by atoms with Gasteiger partial charge in [-0.3, -0.25) is 4.79 Å². The van der Waals surface area contributed by atoms with E-state index in [2.05, 4.69) is 4.98 Å². The minimum atomic E-state index is -0.626. The number of benzene rings is 3. The lowest BCUT2D eigenvalue weighted by molar-refractivity contribution is -0.132. The number of aryl methyl sites for hydroxylation is 1. The molecule has 4 aromatic rings. The molecule has 1 saturated heterocycles. The quantitative estimate of drug-likeness (QED) is 0.385. The van der Waals surface area contributed by atoms with Crippen molar-refractivity contribution in [2.75, 3.05) is 6.54 Å². The van der Waals surface area contributed by atoms with Gasteiger partial charge in [0.2, 0.25) is 11.8 Å². The maximum Gasteiger partial charge on any atom is 0.223 e. The zero-order chi connectivity index (χ0) is 22.1. The molecule has 4 nitrogen and oxygen atoms in total.